The van der Waals surface area contributed by atoms with E-state index in [0.29, 0.717) is 16.8 Å². The molecule has 0 aromatic heterocycles. The molecule has 2 aliphatic heterocycles. The van der Waals surface area contributed by atoms with Crippen LogP contribution in [0.25, 0.3) is 6.08 Å². The number of halogens is 3. The maximum Gasteiger partial charge on any atom is 0.258 e. The summed E-state index contributed by atoms with van der Waals surface area (Å²) in [5.41, 5.74) is 2.38. The number of nitrogens with zero attached hydrogens (tertiary/aromatic N) is 2. The maximum absolute atomic E-state index is 14.3. The Morgan fingerprint density at radius 3 is 2.18 bits per heavy atom. The average Bonchev–Trinajstić information content (AvgIpc) is 3.35. The fraction of sp³-hybridized carbons (Fsp3) is 0.235. The summed E-state index contributed by atoms with van der Waals surface area (Å²) >= 11 is 14.6. The summed E-state index contributed by atoms with van der Waals surface area (Å²) in [5.74, 6) is -6.33. The quantitative estimate of drug-likeness (QED) is 0.219. The van der Waals surface area contributed by atoms with Crippen molar-refractivity contribution in [1.82, 2.24) is 0 Å². The molecule has 4 amide bonds. The number of benzene rings is 3. The predicted octanol–water partition coefficient (Wildman–Crippen LogP) is 5.94. The third-order valence-electron chi connectivity index (χ3n) is 9.49. The molecule has 2 aliphatic carbocycles. The van der Waals surface area contributed by atoms with E-state index in [-0.39, 0.29) is 30.2 Å². The lowest BCUT2D eigenvalue weighted by Gasteiger charge is -2.50. The van der Waals surface area contributed by atoms with Gasteiger partial charge in [-0.3, -0.25) is 24.1 Å². The van der Waals surface area contributed by atoms with E-state index < -0.39 is 57.0 Å². The second kappa shape index (κ2) is 9.87. The van der Waals surface area contributed by atoms with Crippen LogP contribution in [0.15, 0.2) is 91.0 Å². The highest BCUT2D eigenvalue weighted by molar-refractivity contribution is 6.58. The smallest absolute Gasteiger partial charge is 0.258 e. The van der Waals surface area contributed by atoms with Crippen LogP contribution in [0.3, 0.4) is 0 Å². The molecule has 10 heteroatoms. The van der Waals surface area contributed by atoms with Crippen molar-refractivity contribution in [2.45, 2.75) is 28.5 Å². The molecule has 3 fully saturated rings. The van der Waals surface area contributed by atoms with E-state index in [9.17, 15) is 28.7 Å². The van der Waals surface area contributed by atoms with Crippen LogP contribution in [-0.4, -0.2) is 38.5 Å². The monoisotopic (exact) mass is 630 g/mol. The van der Waals surface area contributed by atoms with Gasteiger partial charge in [0.1, 0.15) is 11.6 Å². The summed E-state index contributed by atoms with van der Waals surface area (Å²) < 4.78 is 13.8. The van der Waals surface area contributed by atoms with Crippen LogP contribution in [-0.2, 0) is 19.2 Å². The lowest BCUT2D eigenvalue weighted by Crippen LogP contribution is -2.60. The number of anilines is 2. The van der Waals surface area contributed by atoms with Gasteiger partial charge >= 0.3 is 0 Å². The third-order valence-corrected chi connectivity index (χ3v) is 10.9. The van der Waals surface area contributed by atoms with Gasteiger partial charge in [-0.15, -0.1) is 23.2 Å². The first-order valence-corrected chi connectivity index (χ1v) is 14.9. The third kappa shape index (κ3) is 3.74. The second-order valence-corrected chi connectivity index (χ2v) is 12.9. The van der Waals surface area contributed by atoms with Crippen LogP contribution < -0.4 is 9.80 Å². The van der Waals surface area contributed by atoms with Gasteiger partial charge in [-0.2, -0.15) is 0 Å². The van der Waals surface area contributed by atoms with Gasteiger partial charge in [-0.1, -0.05) is 48.6 Å². The van der Waals surface area contributed by atoms with Crippen LogP contribution in [0.5, 0.6) is 5.75 Å². The molecular weight excluding hydrogens is 606 g/mol. The number of rotatable bonds is 4. The summed E-state index contributed by atoms with van der Waals surface area (Å²) in [7, 11) is 0. The van der Waals surface area contributed by atoms with Crippen molar-refractivity contribution in [3.8, 4) is 5.75 Å². The average molecular weight is 631 g/mol. The standard InChI is InChI=1S/C34H25Cl2FN2O5/c1-2-18-6-10-21(11-7-18)38-29(41)25-15-14-24-26(27(25)30(38)42)17-33(35)31(43)39(22-12-8-20(37)9-13-22)32(44)34(33,36)28(24)19-4-3-5-23(40)16-19/h2-14,16,25-28,40H,1,15,17H2/t25-,26+,27-,28-,33+,34-/m0/s1. The molecule has 0 radical (unpaired) electrons. The number of phenols is 1. The summed E-state index contributed by atoms with van der Waals surface area (Å²) in [6, 6.07) is 17.9. The van der Waals surface area contributed by atoms with E-state index in [0.717, 1.165) is 22.6 Å². The number of imide groups is 2. The van der Waals surface area contributed by atoms with Crippen molar-refractivity contribution < 1.29 is 28.7 Å². The molecule has 0 bridgehead atoms. The van der Waals surface area contributed by atoms with Crippen LogP contribution in [0.1, 0.15) is 29.9 Å². The molecule has 3 aromatic carbocycles. The molecule has 222 valence electrons. The maximum atomic E-state index is 14.3. The molecule has 2 saturated heterocycles. The Bertz CT molecular complexity index is 1810. The van der Waals surface area contributed by atoms with Crippen LogP contribution in [0.2, 0.25) is 0 Å². The number of hydrogen-bond donors (Lipinski definition) is 1. The van der Waals surface area contributed by atoms with Crippen molar-refractivity contribution in [3.05, 3.63) is 108 Å². The molecule has 7 nitrogen and oxygen atoms in total. The Morgan fingerprint density at radius 2 is 1.52 bits per heavy atom. The minimum Gasteiger partial charge on any atom is -0.508 e. The SMILES string of the molecule is C=Cc1ccc(N2C(=O)[C@H]3[C@H](CC=C4[C@H]3C[C@@]3(Cl)C(=O)N(c5ccc(F)cc5)C(=O)[C@@]3(Cl)[C@H]4c3cccc(O)c3)C2=O)cc1. The molecule has 3 aromatic rings. The Hall–Kier alpha value is -4.27. The van der Waals surface area contributed by atoms with Gasteiger partial charge in [0, 0.05) is 5.92 Å². The molecule has 6 atom stereocenters. The summed E-state index contributed by atoms with van der Waals surface area (Å²) in [6.07, 6.45) is 3.51. The zero-order valence-corrected chi connectivity index (χ0v) is 24.6. The molecule has 1 saturated carbocycles. The van der Waals surface area contributed by atoms with E-state index in [2.05, 4.69) is 6.58 Å². The van der Waals surface area contributed by atoms with Gasteiger partial charge in [-0.05, 0) is 78.4 Å². The molecule has 1 N–H and O–H groups in total. The van der Waals surface area contributed by atoms with Crippen molar-refractivity contribution in [2.75, 3.05) is 9.80 Å². The molecule has 44 heavy (non-hydrogen) atoms. The number of fused-ring (bicyclic) bond motifs is 4. The molecule has 0 spiro atoms. The van der Waals surface area contributed by atoms with Gasteiger partial charge in [0.25, 0.3) is 11.8 Å². The number of aromatic hydroxyl groups is 1. The number of alkyl halides is 2. The highest BCUT2D eigenvalue weighted by Gasteiger charge is 2.76. The topological polar surface area (TPSA) is 95.0 Å². The molecule has 2 heterocycles. The molecule has 0 unspecified atom stereocenters. The highest BCUT2D eigenvalue weighted by Crippen LogP contribution is 2.66. The van der Waals surface area contributed by atoms with Gasteiger partial charge in [0.15, 0.2) is 9.75 Å². The van der Waals surface area contributed by atoms with Crippen molar-refractivity contribution in [2.24, 2.45) is 17.8 Å². The fourth-order valence-corrected chi connectivity index (χ4v) is 8.43. The Balaban J connectivity index is 1.38. The van der Waals surface area contributed by atoms with Gasteiger partial charge in [0.05, 0.1) is 23.2 Å². The van der Waals surface area contributed by atoms with Gasteiger partial charge < -0.3 is 5.11 Å². The molecule has 7 rings (SSSR count). The fourth-order valence-electron chi connectivity index (χ4n) is 7.49. The number of allylic oxidation sites excluding steroid dienone is 2. The number of carbonyl (C=O) groups is 4. The first kappa shape index (κ1) is 28.5. The Morgan fingerprint density at radius 1 is 0.864 bits per heavy atom. The van der Waals surface area contributed by atoms with Crippen LogP contribution in [0.4, 0.5) is 15.8 Å². The number of phenolic OH excluding ortho intramolecular Hbond substituents is 1. The molecule has 4 aliphatic rings. The van der Waals surface area contributed by atoms with E-state index >= 15 is 0 Å². The first-order valence-electron chi connectivity index (χ1n) is 14.1. The van der Waals surface area contributed by atoms with Crippen molar-refractivity contribution in [3.63, 3.8) is 0 Å². The highest BCUT2D eigenvalue weighted by atomic mass is 35.5. The predicted molar refractivity (Wildman–Crippen MR) is 164 cm³/mol. The number of carbonyl (C=O) groups excluding carboxylic acids is 4. The minimum absolute atomic E-state index is 0.0900. The zero-order chi connectivity index (χ0) is 31.1. The Labute approximate surface area is 262 Å². The van der Waals surface area contributed by atoms with Crippen molar-refractivity contribution in [1.29, 1.82) is 0 Å². The van der Waals surface area contributed by atoms with Crippen LogP contribution in [0, 0.1) is 23.6 Å². The number of hydrogen-bond acceptors (Lipinski definition) is 5. The van der Waals surface area contributed by atoms with E-state index in [1.165, 1.54) is 29.2 Å². The van der Waals surface area contributed by atoms with E-state index in [1.54, 1.807) is 42.5 Å². The van der Waals surface area contributed by atoms with Gasteiger partial charge in [-0.25, -0.2) is 9.29 Å². The summed E-state index contributed by atoms with van der Waals surface area (Å²) in [5, 5.41) is 10.4. The lowest BCUT2D eigenvalue weighted by atomic mass is 9.56. The summed E-state index contributed by atoms with van der Waals surface area (Å²) in [4.78, 5) is 54.4. The molecular formula is C34H25Cl2FN2O5. The zero-order valence-electron chi connectivity index (χ0n) is 23.1. The minimum atomic E-state index is -2.06. The summed E-state index contributed by atoms with van der Waals surface area (Å²) in [6.45, 7) is 3.74. The van der Waals surface area contributed by atoms with Crippen molar-refractivity contribution >= 4 is 64.3 Å². The van der Waals surface area contributed by atoms with Crippen LogP contribution >= 0.6 is 23.2 Å². The van der Waals surface area contributed by atoms with E-state index in [4.69, 9.17) is 23.2 Å². The normalized spacial score (nSPS) is 31.0. The second-order valence-electron chi connectivity index (χ2n) is 11.7. The first-order chi connectivity index (χ1) is 21.0. The van der Waals surface area contributed by atoms with Gasteiger partial charge in [0.2, 0.25) is 11.8 Å². The lowest BCUT2D eigenvalue weighted by molar-refractivity contribution is -0.125. The Kier molecular flexibility index (Phi) is 6.39. The largest absolute Gasteiger partial charge is 0.508 e. The van der Waals surface area contributed by atoms with E-state index in [1.807, 2.05) is 6.08 Å². The number of amides is 4.